The Kier molecular flexibility index (Phi) is 3.55. The fourth-order valence-electron chi connectivity index (χ4n) is 2.50. The van der Waals surface area contributed by atoms with Crippen LogP contribution in [-0.4, -0.2) is 16.7 Å². The first-order chi connectivity index (χ1) is 10.1. The Bertz CT molecular complexity index is 845. The van der Waals surface area contributed by atoms with Gasteiger partial charge in [0.1, 0.15) is 5.75 Å². The molecule has 21 heavy (non-hydrogen) atoms. The van der Waals surface area contributed by atoms with Gasteiger partial charge in [0, 0.05) is 11.8 Å². The van der Waals surface area contributed by atoms with Crippen LogP contribution in [0.5, 0.6) is 5.75 Å². The molecule has 2 aromatic carbocycles. The maximum Gasteiger partial charge on any atom is 0.182 e. The quantitative estimate of drug-likeness (QED) is 0.703. The summed E-state index contributed by atoms with van der Waals surface area (Å²) in [6, 6.07) is 14.5. The first kappa shape index (κ1) is 13.9. The normalized spacial score (nSPS) is 11.2. The highest BCUT2D eigenvalue weighted by atomic mass is 32.1. The molecule has 0 atom stereocenters. The summed E-state index contributed by atoms with van der Waals surface area (Å²) in [7, 11) is 1.67. The minimum absolute atomic E-state index is 0.490. The summed E-state index contributed by atoms with van der Waals surface area (Å²) in [5.74, 6) is 1.31. The Morgan fingerprint density at radius 2 is 1.95 bits per heavy atom. The summed E-state index contributed by atoms with van der Waals surface area (Å²) in [5, 5.41) is 0. The van der Waals surface area contributed by atoms with Crippen molar-refractivity contribution in [2.24, 2.45) is 0 Å². The minimum Gasteiger partial charge on any atom is -0.497 e. The summed E-state index contributed by atoms with van der Waals surface area (Å²) in [4.78, 5) is 3.25. The molecule has 1 heterocycles. The third-order valence-electron chi connectivity index (χ3n) is 3.68. The molecule has 0 saturated carbocycles. The molecule has 4 heteroatoms. The topological polar surface area (TPSA) is 29.9 Å². The molecule has 0 spiro atoms. The van der Waals surface area contributed by atoms with Crippen LogP contribution in [0.25, 0.3) is 16.7 Å². The number of benzene rings is 2. The highest BCUT2D eigenvalue weighted by molar-refractivity contribution is 7.71. The summed E-state index contributed by atoms with van der Waals surface area (Å²) < 4.78 is 8.02. The smallest absolute Gasteiger partial charge is 0.182 e. The Balaban J connectivity index is 2.23. The Morgan fingerprint density at radius 1 is 1.14 bits per heavy atom. The fraction of sp³-hybridized carbons (Fsp3) is 0.235. The van der Waals surface area contributed by atoms with Crippen LogP contribution in [0.15, 0.2) is 42.5 Å². The van der Waals surface area contributed by atoms with Gasteiger partial charge in [-0.2, -0.15) is 0 Å². The lowest BCUT2D eigenvalue weighted by Crippen LogP contribution is -1.96. The zero-order chi connectivity index (χ0) is 15.0. The van der Waals surface area contributed by atoms with Crippen molar-refractivity contribution in [3.8, 4) is 11.4 Å². The van der Waals surface area contributed by atoms with E-state index >= 15 is 0 Å². The van der Waals surface area contributed by atoms with Gasteiger partial charge < -0.3 is 9.72 Å². The Morgan fingerprint density at radius 3 is 2.67 bits per heavy atom. The molecule has 0 saturated heterocycles. The van der Waals surface area contributed by atoms with Gasteiger partial charge in [-0.15, -0.1) is 0 Å². The second-order valence-electron chi connectivity index (χ2n) is 5.40. The van der Waals surface area contributed by atoms with Crippen molar-refractivity contribution in [3.63, 3.8) is 0 Å². The van der Waals surface area contributed by atoms with Gasteiger partial charge in [-0.1, -0.05) is 26.0 Å². The molecule has 1 aromatic heterocycles. The summed E-state index contributed by atoms with van der Waals surface area (Å²) >= 11 is 5.49. The number of ether oxygens (including phenoxy) is 1. The van der Waals surface area contributed by atoms with Crippen LogP contribution in [0.3, 0.4) is 0 Å². The van der Waals surface area contributed by atoms with Crippen molar-refractivity contribution in [1.82, 2.24) is 9.55 Å². The zero-order valence-electron chi connectivity index (χ0n) is 12.4. The average Bonchev–Trinajstić information content (AvgIpc) is 2.82. The van der Waals surface area contributed by atoms with Crippen molar-refractivity contribution >= 4 is 23.3 Å². The van der Waals surface area contributed by atoms with Gasteiger partial charge in [0.15, 0.2) is 4.77 Å². The number of hydrogen-bond acceptors (Lipinski definition) is 2. The molecule has 1 N–H and O–H groups in total. The number of methoxy groups -OCH3 is 1. The van der Waals surface area contributed by atoms with E-state index in [1.54, 1.807) is 7.11 Å². The molecule has 0 bridgehead atoms. The molecule has 3 rings (SSSR count). The number of nitrogens with zero attached hydrogens (tertiary/aromatic N) is 1. The molecule has 108 valence electrons. The predicted octanol–water partition coefficient (Wildman–Crippen LogP) is 4.82. The molecule has 0 aliphatic heterocycles. The van der Waals surface area contributed by atoms with Crippen LogP contribution < -0.4 is 4.74 Å². The lowest BCUT2D eigenvalue weighted by Gasteiger charge is -2.10. The summed E-state index contributed by atoms with van der Waals surface area (Å²) in [5.41, 5.74) is 4.43. The minimum atomic E-state index is 0.490. The van der Waals surface area contributed by atoms with Crippen molar-refractivity contribution in [2.45, 2.75) is 19.8 Å². The molecular formula is C17H18N2OS. The van der Waals surface area contributed by atoms with Crippen LogP contribution in [0.4, 0.5) is 0 Å². The van der Waals surface area contributed by atoms with Crippen molar-refractivity contribution in [3.05, 3.63) is 52.8 Å². The predicted molar refractivity (Wildman–Crippen MR) is 89.1 cm³/mol. The highest BCUT2D eigenvalue weighted by Crippen LogP contribution is 2.25. The monoisotopic (exact) mass is 298 g/mol. The molecule has 0 aliphatic carbocycles. The summed E-state index contributed by atoms with van der Waals surface area (Å²) in [6.07, 6.45) is 0. The van der Waals surface area contributed by atoms with E-state index in [1.807, 2.05) is 18.2 Å². The second-order valence-corrected chi connectivity index (χ2v) is 5.79. The van der Waals surface area contributed by atoms with E-state index in [-0.39, 0.29) is 0 Å². The van der Waals surface area contributed by atoms with Gasteiger partial charge in [-0.3, -0.25) is 4.57 Å². The van der Waals surface area contributed by atoms with Gasteiger partial charge in [0.05, 0.1) is 18.1 Å². The number of imidazole rings is 1. The van der Waals surface area contributed by atoms with E-state index in [0.29, 0.717) is 10.7 Å². The third-order valence-corrected chi connectivity index (χ3v) is 3.97. The molecule has 0 aliphatic rings. The van der Waals surface area contributed by atoms with Crippen molar-refractivity contribution in [1.29, 1.82) is 0 Å². The van der Waals surface area contributed by atoms with Gasteiger partial charge in [-0.05, 0) is 48.0 Å². The van der Waals surface area contributed by atoms with Crippen molar-refractivity contribution < 1.29 is 4.74 Å². The molecule has 0 fully saturated rings. The lowest BCUT2D eigenvalue weighted by atomic mass is 10.0. The number of hydrogen-bond donors (Lipinski definition) is 1. The maximum absolute atomic E-state index is 5.49. The second kappa shape index (κ2) is 5.37. The number of H-pyrrole nitrogens is 1. The third kappa shape index (κ3) is 2.47. The van der Waals surface area contributed by atoms with Crippen LogP contribution in [0, 0.1) is 4.77 Å². The van der Waals surface area contributed by atoms with Crippen molar-refractivity contribution in [2.75, 3.05) is 7.11 Å². The van der Waals surface area contributed by atoms with Gasteiger partial charge in [0.25, 0.3) is 0 Å². The standard InChI is InChI=1S/C17H18N2OS/c1-11(2)12-5-4-6-13(9-12)19-16-8-7-14(20-3)10-15(16)18-17(19)21/h4-11H,1-3H3,(H,18,21). The van der Waals surface area contributed by atoms with Crippen LogP contribution in [-0.2, 0) is 0 Å². The molecule has 3 nitrogen and oxygen atoms in total. The fourth-order valence-corrected chi connectivity index (χ4v) is 2.81. The van der Waals surface area contributed by atoms with E-state index in [1.165, 1.54) is 5.56 Å². The van der Waals surface area contributed by atoms with E-state index in [0.717, 1.165) is 22.5 Å². The number of fused-ring (bicyclic) bond motifs is 1. The molecule has 3 aromatic rings. The summed E-state index contributed by atoms with van der Waals surface area (Å²) in [6.45, 7) is 4.39. The molecular weight excluding hydrogens is 280 g/mol. The maximum atomic E-state index is 5.49. The van der Waals surface area contributed by atoms with E-state index < -0.39 is 0 Å². The van der Waals surface area contributed by atoms with Gasteiger partial charge in [0.2, 0.25) is 0 Å². The number of nitrogens with one attached hydrogen (secondary N) is 1. The largest absolute Gasteiger partial charge is 0.497 e. The van der Waals surface area contributed by atoms with Gasteiger partial charge in [-0.25, -0.2) is 0 Å². The lowest BCUT2D eigenvalue weighted by molar-refractivity contribution is 0.415. The highest BCUT2D eigenvalue weighted by Gasteiger charge is 2.09. The number of aromatic nitrogens is 2. The first-order valence-electron chi connectivity index (χ1n) is 6.99. The number of aromatic amines is 1. The van der Waals surface area contributed by atoms with E-state index in [4.69, 9.17) is 17.0 Å². The van der Waals surface area contributed by atoms with Crippen LogP contribution in [0.1, 0.15) is 25.3 Å². The average molecular weight is 298 g/mol. The van der Waals surface area contributed by atoms with E-state index in [2.05, 4.69) is 47.7 Å². The van der Waals surface area contributed by atoms with Crippen LogP contribution in [0.2, 0.25) is 0 Å². The Labute approximate surface area is 129 Å². The van der Waals surface area contributed by atoms with Gasteiger partial charge >= 0.3 is 0 Å². The van der Waals surface area contributed by atoms with Crippen LogP contribution >= 0.6 is 12.2 Å². The molecule has 0 amide bonds. The molecule has 0 unspecified atom stereocenters. The SMILES string of the molecule is COc1ccc2c(c1)[nH]c(=S)n2-c1cccc(C(C)C)c1. The zero-order valence-corrected chi connectivity index (χ0v) is 13.2. The number of rotatable bonds is 3. The first-order valence-corrected chi connectivity index (χ1v) is 7.40. The van der Waals surface area contributed by atoms with E-state index in [9.17, 15) is 0 Å². The Hall–Kier alpha value is -2.07. The molecule has 0 radical (unpaired) electrons.